The molecule has 0 aliphatic rings. The Hall–Kier alpha value is -2.15. The lowest BCUT2D eigenvalue weighted by Gasteiger charge is -2.12. The zero-order valence-corrected chi connectivity index (χ0v) is 12.7. The number of para-hydroxylation sites is 1. The molecule has 0 unspecified atom stereocenters. The van der Waals surface area contributed by atoms with E-state index in [1.165, 1.54) is 31.4 Å². The predicted octanol–water partition coefficient (Wildman–Crippen LogP) is 4.12. The Labute approximate surface area is 129 Å². The molecule has 0 bridgehead atoms. The quantitative estimate of drug-likeness (QED) is 0.647. The van der Waals surface area contributed by atoms with Gasteiger partial charge >= 0.3 is 0 Å². The molecule has 0 atom stereocenters. The number of methoxy groups -OCH3 is 1. The van der Waals surface area contributed by atoms with E-state index < -0.39 is 10.7 Å². The van der Waals surface area contributed by atoms with Gasteiger partial charge in [-0.3, -0.25) is 10.1 Å². The standard InChI is InChI=1S/C14H12BrFN2O3/c1-21-13-6-5-10(18(19)20)7-9(13)8-17-14-11(15)3-2-4-12(14)16/h2-7,17H,8H2,1H3. The van der Waals surface area contributed by atoms with Crippen LogP contribution in [0.3, 0.4) is 0 Å². The van der Waals surface area contributed by atoms with E-state index >= 15 is 0 Å². The molecule has 0 spiro atoms. The Bertz CT molecular complexity index is 659. The maximum atomic E-state index is 13.7. The fourth-order valence-corrected chi connectivity index (χ4v) is 2.35. The molecule has 0 fully saturated rings. The van der Waals surface area contributed by atoms with Crippen LogP contribution in [-0.2, 0) is 6.54 Å². The lowest BCUT2D eigenvalue weighted by molar-refractivity contribution is -0.384. The van der Waals surface area contributed by atoms with Crippen molar-refractivity contribution in [2.45, 2.75) is 6.54 Å². The second-order valence-electron chi connectivity index (χ2n) is 4.20. The first kappa shape index (κ1) is 15.2. The summed E-state index contributed by atoms with van der Waals surface area (Å²) in [6.45, 7) is 0.199. The monoisotopic (exact) mass is 354 g/mol. The SMILES string of the molecule is COc1ccc([N+](=O)[O-])cc1CNc1c(F)cccc1Br. The van der Waals surface area contributed by atoms with Gasteiger partial charge in [0.15, 0.2) is 0 Å². The summed E-state index contributed by atoms with van der Waals surface area (Å²) in [6, 6.07) is 8.90. The van der Waals surface area contributed by atoms with Crippen LogP contribution in [-0.4, -0.2) is 12.0 Å². The molecule has 5 nitrogen and oxygen atoms in total. The molecule has 2 rings (SSSR count). The third-order valence-electron chi connectivity index (χ3n) is 2.89. The molecule has 2 aromatic carbocycles. The summed E-state index contributed by atoms with van der Waals surface area (Å²) in [5.74, 6) is 0.0920. The predicted molar refractivity (Wildman–Crippen MR) is 81.1 cm³/mol. The minimum atomic E-state index is -0.484. The van der Waals surface area contributed by atoms with Gasteiger partial charge in [0.05, 0.1) is 17.7 Å². The van der Waals surface area contributed by atoms with E-state index in [1.807, 2.05) is 0 Å². The van der Waals surface area contributed by atoms with Crippen LogP contribution in [0.5, 0.6) is 5.75 Å². The van der Waals surface area contributed by atoms with E-state index in [-0.39, 0.29) is 12.2 Å². The molecule has 1 N–H and O–H groups in total. The molecule has 7 heteroatoms. The molecular formula is C14H12BrFN2O3. The third kappa shape index (κ3) is 3.49. The fourth-order valence-electron chi connectivity index (χ4n) is 1.87. The average Bonchev–Trinajstić information content (AvgIpc) is 2.46. The van der Waals surface area contributed by atoms with E-state index in [9.17, 15) is 14.5 Å². The highest BCUT2D eigenvalue weighted by Crippen LogP contribution is 2.28. The Morgan fingerprint density at radius 1 is 1.38 bits per heavy atom. The van der Waals surface area contributed by atoms with Gasteiger partial charge in [-0.1, -0.05) is 6.07 Å². The molecule has 110 valence electrons. The second kappa shape index (κ2) is 6.53. The number of hydrogen-bond donors (Lipinski definition) is 1. The van der Waals surface area contributed by atoms with Crippen molar-refractivity contribution in [3.05, 3.63) is 62.4 Å². The summed E-state index contributed by atoms with van der Waals surface area (Å²) < 4.78 is 19.4. The Morgan fingerprint density at radius 2 is 2.14 bits per heavy atom. The number of nitro groups is 1. The van der Waals surface area contributed by atoms with E-state index in [2.05, 4.69) is 21.2 Å². The number of nitrogens with one attached hydrogen (secondary N) is 1. The number of ether oxygens (including phenoxy) is 1. The Kier molecular flexibility index (Phi) is 4.74. The third-order valence-corrected chi connectivity index (χ3v) is 3.55. The van der Waals surface area contributed by atoms with Gasteiger partial charge in [0.1, 0.15) is 11.6 Å². The summed E-state index contributed by atoms with van der Waals surface area (Å²) in [5.41, 5.74) is 0.827. The van der Waals surface area contributed by atoms with Gasteiger partial charge in [0.2, 0.25) is 0 Å². The van der Waals surface area contributed by atoms with Crippen LogP contribution in [0, 0.1) is 15.9 Å². The van der Waals surface area contributed by atoms with Gasteiger partial charge in [-0.15, -0.1) is 0 Å². The summed E-state index contributed by atoms with van der Waals surface area (Å²) >= 11 is 3.25. The van der Waals surface area contributed by atoms with Gasteiger partial charge in [0, 0.05) is 28.7 Å². The van der Waals surface area contributed by atoms with Gasteiger partial charge < -0.3 is 10.1 Å². The molecule has 0 amide bonds. The van der Waals surface area contributed by atoms with Crippen LogP contribution in [0.15, 0.2) is 40.9 Å². The minimum absolute atomic E-state index is 0.0415. The maximum absolute atomic E-state index is 13.7. The van der Waals surface area contributed by atoms with Gasteiger partial charge in [-0.2, -0.15) is 0 Å². The van der Waals surface area contributed by atoms with Crippen molar-refractivity contribution in [1.29, 1.82) is 0 Å². The first-order chi connectivity index (χ1) is 10.0. The highest BCUT2D eigenvalue weighted by Gasteiger charge is 2.12. The number of nitrogens with zero attached hydrogens (tertiary/aromatic N) is 1. The highest BCUT2D eigenvalue weighted by molar-refractivity contribution is 9.10. The number of nitro benzene ring substituents is 1. The van der Waals surface area contributed by atoms with Crippen LogP contribution in [0.2, 0.25) is 0 Å². The van der Waals surface area contributed by atoms with Gasteiger partial charge in [-0.25, -0.2) is 4.39 Å². The Morgan fingerprint density at radius 3 is 2.76 bits per heavy atom. The van der Waals surface area contributed by atoms with Crippen LogP contribution < -0.4 is 10.1 Å². The molecule has 0 aliphatic carbocycles. The van der Waals surface area contributed by atoms with Crippen molar-refractivity contribution in [3.63, 3.8) is 0 Å². The number of rotatable bonds is 5. The van der Waals surface area contributed by atoms with E-state index in [0.717, 1.165) is 0 Å². The van der Waals surface area contributed by atoms with Crippen molar-refractivity contribution in [2.75, 3.05) is 12.4 Å². The van der Waals surface area contributed by atoms with Crippen molar-refractivity contribution in [3.8, 4) is 5.75 Å². The molecule has 0 heterocycles. The zero-order valence-electron chi connectivity index (χ0n) is 11.1. The van der Waals surface area contributed by atoms with Gasteiger partial charge in [0.25, 0.3) is 5.69 Å². The number of anilines is 1. The molecular weight excluding hydrogens is 343 g/mol. The normalized spacial score (nSPS) is 10.2. The van der Waals surface area contributed by atoms with Crippen molar-refractivity contribution in [2.24, 2.45) is 0 Å². The molecule has 0 saturated heterocycles. The van der Waals surface area contributed by atoms with Crippen LogP contribution in [0.1, 0.15) is 5.56 Å². The lowest BCUT2D eigenvalue weighted by Crippen LogP contribution is -2.04. The molecule has 0 aliphatic heterocycles. The maximum Gasteiger partial charge on any atom is 0.270 e. The van der Waals surface area contributed by atoms with Crippen LogP contribution in [0.25, 0.3) is 0 Å². The molecule has 0 saturated carbocycles. The van der Waals surface area contributed by atoms with Crippen molar-refractivity contribution in [1.82, 2.24) is 0 Å². The fraction of sp³-hybridized carbons (Fsp3) is 0.143. The summed E-state index contributed by atoms with van der Waals surface area (Å²) in [6.07, 6.45) is 0. The minimum Gasteiger partial charge on any atom is -0.496 e. The Balaban J connectivity index is 2.26. The van der Waals surface area contributed by atoms with E-state index in [0.29, 0.717) is 21.5 Å². The van der Waals surface area contributed by atoms with Gasteiger partial charge in [-0.05, 0) is 34.1 Å². The number of benzene rings is 2. The topological polar surface area (TPSA) is 64.4 Å². The van der Waals surface area contributed by atoms with Crippen molar-refractivity contribution < 1.29 is 14.1 Å². The number of hydrogen-bond acceptors (Lipinski definition) is 4. The first-order valence-corrected chi connectivity index (χ1v) is 6.81. The second-order valence-corrected chi connectivity index (χ2v) is 5.06. The lowest BCUT2D eigenvalue weighted by atomic mass is 10.1. The van der Waals surface area contributed by atoms with Crippen LogP contribution >= 0.6 is 15.9 Å². The molecule has 0 radical (unpaired) electrons. The summed E-state index contributed by atoms with van der Waals surface area (Å²) in [5, 5.41) is 13.7. The van der Waals surface area contributed by atoms with Crippen LogP contribution in [0.4, 0.5) is 15.8 Å². The van der Waals surface area contributed by atoms with Crippen molar-refractivity contribution >= 4 is 27.3 Å². The molecule has 21 heavy (non-hydrogen) atoms. The number of halogens is 2. The zero-order chi connectivity index (χ0) is 15.4. The largest absolute Gasteiger partial charge is 0.496 e. The summed E-state index contributed by atoms with van der Waals surface area (Å²) in [7, 11) is 1.48. The highest BCUT2D eigenvalue weighted by atomic mass is 79.9. The number of non-ortho nitro benzene ring substituents is 1. The average molecular weight is 355 g/mol. The smallest absolute Gasteiger partial charge is 0.270 e. The molecule has 0 aromatic heterocycles. The summed E-state index contributed by atoms with van der Waals surface area (Å²) in [4.78, 5) is 10.3. The van der Waals surface area contributed by atoms with E-state index in [4.69, 9.17) is 4.74 Å². The first-order valence-electron chi connectivity index (χ1n) is 6.02. The van der Waals surface area contributed by atoms with E-state index in [1.54, 1.807) is 12.1 Å². The molecule has 2 aromatic rings.